The molecule has 1 atom stereocenters. The van der Waals surface area contributed by atoms with Crippen molar-refractivity contribution in [3.63, 3.8) is 0 Å². The third kappa shape index (κ3) is 5.40. The van der Waals surface area contributed by atoms with Crippen LogP contribution in [0.25, 0.3) is 0 Å². The highest BCUT2D eigenvalue weighted by Crippen LogP contribution is 2.30. The van der Waals surface area contributed by atoms with Gasteiger partial charge in [0.1, 0.15) is 5.75 Å². The molecule has 0 saturated heterocycles. The van der Waals surface area contributed by atoms with Gasteiger partial charge in [-0.15, -0.1) is 0 Å². The molecular formula is C15H24BrNO. The number of nitrogens with two attached hydrogens (primary N) is 1. The third-order valence-electron chi connectivity index (χ3n) is 2.69. The molecule has 0 aliphatic carbocycles. The van der Waals surface area contributed by atoms with Crippen LogP contribution in [0.2, 0.25) is 0 Å². The standard InChI is InChI=1S/C15H24BrNO/c1-11(17)10-12-6-5-7-13(16)14(12)18-9-8-15(2,3)4/h5-7,11H,8-10,17H2,1-4H3. The van der Waals surface area contributed by atoms with E-state index in [1.807, 2.05) is 19.1 Å². The van der Waals surface area contributed by atoms with Gasteiger partial charge in [0.05, 0.1) is 11.1 Å². The number of halogens is 1. The van der Waals surface area contributed by atoms with Crippen LogP contribution in [0.4, 0.5) is 0 Å². The highest BCUT2D eigenvalue weighted by atomic mass is 79.9. The molecular weight excluding hydrogens is 290 g/mol. The van der Waals surface area contributed by atoms with Crippen LogP contribution >= 0.6 is 15.9 Å². The van der Waals surface area contributed by atoms with E-state index in [2.05, 4.69) is 42.8 Å². The summed E-state index contributed by atoms with van der Waals surface area (Å²) in [5.74, 6) is 0.944. The van der Waals surface area contributed by atoms with Crippen LogP contribution in [0, 0.1) is 5.41 Å². The molecule has 2 nitrogen and oxygen atoms in total. The summed E-state index contributed by atoms with van der Waals surface area (Å²) in [6.45, 7) is 9.41. The van der Waals surface area contributed by atoms with Crippen molar-refractivity contribution in [2.24, 2.45) is 11.1 Å². The van der Waals surface area contributed by atoms with Gasteiger partial charge in [0, 0.05) is 6.04 Å². The third-order valence-corrected chi connectivity index (χ3v) is 3.31. The highest BCUT2D eigenvalue weighted by molar-refractivity contribution is 9.10. The summed E-state index contributed by atoms with van der Waals surface area (Å²) in [6, 6.07) is 6.26. The van der Waals surface area contributed by atoms with Gasteiger partial charge in [-0.2, -0.15) is 0 Å². The molecule has 0 aromatic heterocycles. The number of rotatable bonds is 5. The second kappa shape index (κ2) is 6.58. The molecule has 0 heterocycles. The zero-order valence-corrected chi connectivity index (χ0v) is 13.4. The lowest BCUT2D eigenvalue weighted by molar-refractivity contribution is 0.240. The van der Waals surface area contributed by atoms with E-state index >= 15 is 0 Å². The van der Waals surface area contributed by atoms with Crippen LogP contribution < -0.4 is 10.5 Å². The number of ether oxygens (including phenoxy) is 1. The molecule has 18 heavy (non-hydrogen) atoms. The van der Waals surface area contributed by atoms with Gasteiger partial charge in [0.25, 0.3) is 0 Å². The zero-order valence-electron chi connectivity index (χ0n) is 11.8. The Morgan fingerprint density at radius 2 is 2.00 bits per heavy atom. The molecule has 0 bridgehead atoms. The number of hydrogen-bond donors (Lipinski definition) is 1. The second-order valence-corrected chi connectivity index (χ2v) is 6.92. The molecule has 0 amide bonds. The minimum Gasteiger partial charge on any atom is -0.492 e. The minimum absolute atomic E-state index is 0.143. The maximum Gasteiger partial charge on any atom is 0.136 e. The van der Waals surface area contributed by atoms with Crippen LogP contribution in [0.3, 0.4) is 0 Å². The van der Waals surface area contributed by atoms with Crippen molar-refractivity contribution in [3.05, 3.63) is 28.2 Å². The summed E-state index contributed by atoms with van der Waals surface area (Å²) in [7, 11) is 0. The normalized spacial score (nSPS) is 13.4. The molecule has 102 valence electrons. The lowest BCUT2D eigenvalue weighted by atomic mass is 9.93. The van der Waals surface area contributed by atoms with Crippen molar-refractivity contribution in [1.29, 1.82) is 0 Å². The Morgan fingerprint density at radius 1 is 1.33 bits per heavy atom. The van der Waals surface area contributed by atoms with Crippen LogP contribution in [0.15, 0.2) is 22.7 Å². The molecule has 0 saturated carbocycles. The molecule has 1 aromatic carbocycles. The van der Waals surface area contributed by atoms with E-state index in [9.17, 15) is 0 Å². The zero-order chi connectivity index (χ0) is 13.8. The predicted molar refractivity (Wildman–Crippen MR) is 81.1 cm³/mol. The van der Waals surface area contributed by atoms with Crippen molar-refractivity contribution in [1.82, 2.24) is 0 Å². The number of hydrogen-bond acceptors (Lipinski definition) is 2. The first-order chi connectivity index (χ1) is 8.29. The molecule has 0 fully saturated rings. The first kappa shape index (κ1) is 15.5. The molecule has 1 aromatic rings. The predicted octanol–water partition coefficient (Wildman–Crippen LogP) is 4.15. The van der Waals surface area contributed by atoms with E-state index in [-0.39, 0.29) is 6.04 Å². The Morgan fingerprint density at radius 3 is 2.56 bits per heavy atom. The SMILES string of the molecule is CC(N)Cc1cccc(Br)c1OCCC(C)(C)C. The van der Waals surface area contributed by atoms with Gasteiger partial charge in [-0.05, 0) is 52.7 Å². The Hall–Kier alpha value is -0.540. The van der Waals surface area contributed by atoms with Crippen molar-refractivity contribution < 1.29 is 4.74 Å². The summed E-state index contributed by atoms with van der Waals surface area (Å²) >= 11 is 3.55. The summed E-state index contributed by atoms with van der Waals surface area (Å²) in [6.07, 6.45) is 1.87. The van der Waals surface area contributed by atoms with E-state index in [4.69, 9.17) is 10.5 Å². The smallest absolute Gasteiger partial charge is 0.136 e. The summed E-state index contributed by atoms with van der Waals surface area (Å²) in [5.41, 5.74) is 7.34. The van der Waals surface area contributed by atoms with E-state index in [1.165, 1.54) is 5.56 Å². The van der Waals surface area contributed by atoms with Gasteiger partial charge in [-0.3, -0.25) is 0 Å². The first-order valence-electron chi connectivity index (χ1n) is 6.45. The first-order valence-corrected chi connectivity index (χ1v) is 7.24. The van der Waals surface area contributed by atoms with Crippen LogP contribution in [-0.2, 0) is 6.42 Å². The van der Waals surface area contributed by atoms with Crippen LogP contribution in [-0.4, -0.2) is 12.6 Å². The van der Waals surface area contributed by atoms with Gasteiger partial charge < -0.3 is 10.5 Å². The van der Waals surface area contributed by atoms with Gasteiger partial charge in [-0.25, -0.2) is 0 Å². The van der Waals surface area contributed by atoms with Gasteiger partial charge in [-0.1, -0.05) is 32.9 Å². The fourth-order valence-corrected chi connectivity index (χ4v) is 2.20. The summed E-state index contributed by atoms with van der Waals surface area (Å²) in [5, 5.41) is 0. The minimum atomic E-state index is 0.143. The topological polar surface area (TPSA) is 35.2 Å². The molecule has 2 N–H and O–H groups in total. The molecule has 0 spiro atoms. The lowest BCUT2D eigenvalue weighted by Gasteiger charge is -2.20. The highest BCUT2D eigenvalue weighted by Gasteiger charge is 2.13. The summed E-state index contributed by atoms with van der Waals surface area (Å²) in [4.78, 5) is 0. The maximum atomic E-state index is 5.94. The molecule has 3 heteroatoms. The quantitative estimate of drug-likeness (QED) is 0.886. The average molecular weight is 314 g/mol. The number of benzene rings is 1. The molecule has 1 unspecified atom stereocenters. The van der Waals surface area contributed by atoms with Crippen molar-refractivity contribution in [2.45, 2.75) is 46.6 Å². The second-order valence-electron chi connectivity index (χ2n) is 6.07. The Bertz CT molecular complexity index is 383. The lowest BCUT2D eigenvalue weighted by Crippen LogP contribution is -2.19. The van der Waals surface area contributed by atoms with E-state index < -0.39 is 0 Å². The van der Waals surface area contributed by atoms with E-state index in [1.54, 1.807) is 0 Å². The molecule has 1 rings (SSSR count). The molecule has 0 aliphatic heterocycles. The van der Waals surface area contributed by atoms with Crippen molar-refractivity contribution in [2.75, 3.05) is 6.61 Å². The van der Waals surface area contributed by atoms with Crippen molar-refractivity contribution in [3.8, 4) is 5.75 Å². The fraction of sp³-hybridized carbons (Fsp3) is 0.600. The van der Waals surface area contributed by atoms with E-state index in [0.717, 1.165) is 29.7 Å². The Balaban J connectivity index is 2.73. The van der Waals surface area contributed by atoms with Crippen LogP contribution in [0.5, 0.6) is 5.75 Å². The maximum absolute atomic E-state index is 5.94. The van der Waals surface area contributed by atoms with E-state index in [0.29, 0.717) is 5.41 Å². The van der Waals surface area contributed by atoms with Gasteiger partial charge in [0.2, 0.25) is 0 Å². The van der Waals surface area contributed by atoms with Gasteiger partial charge >= 0.3 is 0 Å². The Labute approximate surface area is 119 Å². The monoisotopic (exact) mass is 313 g/mol. The summed E-state index contributed by atoms with van der Waals surface area (Å²) < 4.78 is 6.95. The Kier molecular flexibility index (Phi) is 5.67. The largest absolute Gasteiger partial charge is 0.492 e. The van der Waals surface area contributed by atoms with Gasteiger partial charge in [0.15, 0.2) is 0 Å². The molecule has 0 aliphatic rings. The van der Waals surface area contributed by atoms with Crippen LogP contribution in [0.1, 0.15) is 39.7 Å². The fourth-order valence-electron chi connectivity index (χ4n) is 1.68. The molecule has 0 radical (unpaired) electrons. The van der Waals surface area contributed by atoms with Crippen molar-refractivity contribution >= 4 is 15.9 Å². The average Bonchev–Trinajstić information content (AvgIpc) is 2.19. The number of para-hydroxylation sites is 1.